The SMILES string of the molecule is O=C1NC(c2ccccc2)c2c(ccc3ccccc23)/C1=N/O. The Morgan fingerprint density at radius 3 is 2.43 bits per heavy atom. The summed E-state index contributed by atoms with van der Waals surface area (Å²) in [4.78, 5) is 12.3. The van der Waals surface area contributed by atoms with Gasteiger partial charge < -0.3 is 10.5 Å². The average Bonchev–Trinajstić information content (AvgIpc) is 2.61. The van der Waals surface area contributed by atoms with Crippen molar-refractivity contribution in [2.24, 2.45) is 5.16 Å². The molecule has 3 aromatic carbocycles. The quantitative estimate of drug-likeness (QED) is 0.535. The van der Waals surface area contributed by atoms with Gasteiger partial charge in [0, 0.05) is 5.56 Å². The molecule has 4 heteroatoms. The number of carbonyl (C=O) groups is 1. The summed E-state index contributed by atoms with van der Waals surface area (Å²) in [6.45, 7) is 0. The van der Waals surface area contributed by atoms with Crippen molar-refractivity contribution in [1.82, 2.24) is 5.32 Å². The predicted octanol–water partition coefficient (Wildman–Crippen LogP) is 3.24. The molecule has 112 valence electrons. The van der Waals surface area contributed by atoms with E-state index in [0.717, 1.165) is 21.9 Å². The maximum atomic E-state index is 12.3. The van der Waals surface area contributed by atoms with E-state index >= 15 is 0 Å². The van der Waals surface area contributed by atoms with Gasteiger partial charge in [-0.25, -0.2) is 0 Å². The normalized spacial score (nSPS) is 18.7. The Morgan fingerprint density at radius 2 is 1.65 bits per heavy atom. The van der Waals surface area contributed by atoms with Crippen molar-refractivity contribution >= 4 is 22.4 Å². The van der Waals surface area contributed by atoms with Gasteiger partial charge >= 0.3 is 0 Å². The molecule has 2 N–H and O–H groups in total. The first-order valence-electron chi connectivity index (χ1n) is 7.39. The summed E-state index contributed by atoms with van der Waals surface area (Å²) in [5, 5.41) is 17.6. The van der Waals surface area contributed by atoms with E-state index < -0.39 is 0 Å². The number of hydrogen-bond acceptors (Lipinski definition) is 3. The van der Waals surface area contributed by atoms with Gasteiger partial charge in [-0.05, 0) is 21.9 Å². The number of hydrogen-bond donors (Lipinski definition) is 2. The number of nitrogens with zero attached hydrogens (tertiary/aromatic N) is 1. The molecule has 4 rings (SSSR count). The molecule has 0 saturated carbocycles. The van der Waals surface area contributed by atoms with Crippen molar-refractivity contribution < 1.29 is 10.0 Å². The van der Waals surface area contributed by atoms with E-state index in [0.29, 0.717) is 5.56 Å². The molecule has 0 saturated heterocycles. The summed E-state index contributed by atoms with van der Waals surface area (Å²) in [5.74, 6) is -0.371. The van der Waals surface area contributed by atoms with Crippen LogP contribution in [0.5, 0.6) is 0 Å². The van der Waals surface area contributed by atoms with Gasteiger partial charge in [0.2, 0.25) is 0 Å². The largest absolute Gasteiger partial charge is 0.410 e. The molecule has 1 aliphatic rings. The third-order valence-electron chi connectivity index (χ3n) is 4.24. The fourth-order valence-corrected chi connectivity index (χ4v) is 3.20. The molecule has 0 spiro atoms. The Kier molecular flexibility index (Phi) is 3.08. The first-order valence-corrected chi connectivity index (χ1v) is 7.39. The summed E-state index contributed by atoms with van der Waals surface area (Å²) < 4.78 is 0. The summed E-state index contributed by atoms with van der Waals surface area (Å²) in [5.41, 5.74) is 2.68. The van der Waals surface area contributed by atoms with E-state index in [4.69, 9.17) is 0 Å². The molecule has 0 radical (unpaired) electrons. The Hall–Kier alpha value is -3.14. The number of benzene rings is 3. The average molecular weight is 302 g/mol. The van der Waals surface area contributed by atoms with E-state index in [2.05, 4.69) is 10.5 Å². The lowest BCUT2D eigenvalue weighted by Gasteiger charge is -2.28. The van der Waals surface area contributed by atoms with Crippen molar-refractivity contribution in [1.29, 1.82) is 0 Å². The molecular weight excluding hydrogens is 288 g/mol. The molecule has 0 aliphatic carbocycles. The highest BCUT2D eigenvalue weighted by atomic mass is 16.4. The molecule has 0 bridgehead atoms. The molecule has 1 amide bonds. The van der Waals surface area contributed by atoms with Gasteiger partial charge in [0.25, 0.3) is 5.91 Å². The topological polar surface area (TPSA) is 61.7 Å². The van der Waals surface area contributed by atoms with Gasteiger partial charge in [0.1, 0.15) is 0 Å². The Bertz CT molecular complexity index is 933. The molecular formula is C19H14N2O2. The number of amides is 1. The van der Waals surface area contributed by atoms with Crippen LogP contribution < -0.4 is 5.32 Å². The highest BCUT2D eigenvalue weighted by Crippen LogP contribution is 2.35. The van der Waals surface area contributed by atoms with E-state index in [9.17, 15) is 10.0 Å². The molecule has 3 aromatic rings. The van der Waals surface area contributed by atoms with Crippen LogP contribution in [-0.4, -0.2) is 16.8 Å². The molecule has 23 heavy (non-hydrogen) atoms. The van der Waals surface area contributed by atoms with Crippen molar-refractivity contribution in [3.05, 3.63) is 83.4 Å². The Morgan fingerprint density at radius 1 is 0.913 bits per heavy atom. The van der Waals surface area contributed by atoms with Crippen LogP contribution in [0.3, 0.4) is 0 Å². The number of oxime groups is 1. The lowest BCUT2D eigenvalue weighted by Crippen LogP contribution is -2.41. The third kappa shape index (κ3) is 2.07. The number of rotatable bonds is 1. The van der Waals surface area contributed by atoms with Gasteiger partial charge in [-0.3, -0.25) is 4.79 Å². The standard InChI is InChI=1S/C19H14N2O2/c22-19-18(21-23)15-11-10-12-6-4-5-9-14(12)16(15)17(20-19)13-7-2-1-3-8-13/h1-11,17,23H,(H,20,22)/b21-18-. The highest BCUT2D eigenvalue weighted by Gasteiger charge is 2.32. The van der Waals surface area contributed by atoms with Crippen molar-refractivity contribution in [3.63, 3.8) is 0 Å². The zero-order valence-corrected chi connectivity index (χ0v) is 12.2. The zero-order chi connectivity index (χ0) is 15.8. The van der Waals surface area contributed by atoms with Crippen LogP contribution in [0, 0.1) is 0 Å². The summed E-state index contributed by atoms with van der Waals surface area (Å²) in [6, 6.07) is 21.3. The number of nitrogens with one attached hydrogen (secondary N) is 1. The minimum atomic E-state index is -0.371. The third-order valence-corrected chi connectivity index (χ3v) is 4.24. The van der Waals surface area contributed by atoms with Gasteiger partial charge in [0.05, 0.1) is 6.04 Å². The monoisotopic (exact) mass is 302 g/mol. The fraction of sp³-hybridized carbons (Fsp3) is 0.0526. The summed E-state index contributed by atoms with van der Waals surface area (Å²) in [6.07, 6.45) is 0. The molecule has 1 unspecified atom stereocenters. The van der Waals surface area contributed by atoms with Crippen molar-refractivity contribution in [2.45, 2.75) is 6.04 Å². The van der Waals surface area contributed by atoms with Crippen LogP contribution in [0.4, 0.5) is 0 Å². The molecule has 1 aliphatic heterocycles. The van der Waals surface area contributed by atoms with Gasteiger partial charge in [-0.15, -0.1) is 0 Å². The van der Waals surface area contributed by atoms with Gasteiger partial charge in [-0.2, -0.15) is 0 Å². The lowest BCUT2D eigenvalue weighted by molar-refractivity contribution is -0.115. The molecule has 4 nitrogen and oxygen atoms in total. The predicted molar refractivity (Wildman–Crippen MR) is 88.7 cm³/mol. The maximum absolute atomic E-state index is 12.3. The molecule has 0 aromatic heterocycles. The van der Waals surface area contributed by atoms with Crippen LogP contribution in [-0.2, 0) is 4.79 Å². The van der Waals surface area contributed by atoms with Crippen LogP contribution in [0.2, 0.25) is 0 Å². The van der Waals surface area contributed by atoms with Crippen molar-refractivity contribution in [2.75, 3.05) is 0 Å². The lowest BCUT2D eigenvalue weighted by atomic mass is 9.85. The zero-order valence-electron chi connectivity index (χ0n) is 12.2. The first kappa shape index (κ1) is 13.5. The first-order chi connectivity index (χ1) is 11.3. The number of fused-ring (bicyclic) bond motifs is 3. The smallest absolute Gasteiger partial charge is 0.274 e. The van der Waals surface area contributed by atoms with Gasteiger partial charge in [-0.1, -0.05) is 71.9 Å². The van der Waals surface area contributed by atoms with E-state index in [1.54, 1.807) is 0 Å². The van der Waals surface area contributed by atoms with Crippen molar-refractivity contribution in [3.8, 4) is 0 Å². The van der Waals surface area contributed by atoms with E-state index in [1.807, 2.05) is 66.7 Å². The Labute approximate surface area is 133 Å². The minimum absolute atomic E-state index is 0.0536. The van der Waals surface area contributed by atoms with Gasteiger partial charge in [0.15, 0.2) is 5.71 Å². The second-order valence-electron chi connectivity index (χ2n) is 5.51. The van der Waals surface area contributed by atoms with Crippen LogP contribution in [0.15, 0.2) is 71.9 Å². The van der Waals surface area contributed by atoms with E-state index in [-0.39, 0.29) is 17.7 Å². The molecule has 0 fully saturated rings. The van der Waals surface area contributed by atoms with Crippen LogP contribution in [0.1, 0.15) is 22.7 Å². The Balaban J connectivity index is 2.06. The highest BCUT2D eigenvalue weighted by molar-refractivity contribution is 6.47. The van der Waals surface area contributed by atoms with Crippen LogP contribution >= 0.6 is 0 Å². The van der Waals surface area contributed by atoms with Crippen LogP contribution in [0.25, 0.3) is 10.8 Å². The van der Waals surface area contributed by atoms with E-state index in [1.165, 1.54) is 0 Å². The molecule has 1 atom stereocenters. The second-order valence-corrected chi connectivity index (χ2v) is 5.51. The summed E-state index contributed by atoms with van der Waals surface area (Å²) >= 11 is 0. The number of carbonyl (C=O) groups excluding carboxylic acids is 1. The second kappa shape index (κ2) is 5.25. The fourth-order valence-electron chi connectivity index (χ4n) is 3.20. The summed E-state index contributed by atoms with van der Waals surface area (Å²) in [7, 11) is 0. The maximum Gasteiger partial charge on any atom is 0.274 e. The molecule has 1 heterocycles. The minimum Gasteiger partial charge on any atom is -0.410 e.